The highest BCUT2D eigenvalue weighted by molar-refractivity contribution is 7.92. The Morgan fingerprint density at radius 2 is 1.71 bits per heavy atom. The molecule has 182 valence electrons. The lowest BCUT2D eigenvalue weighted by atomic mass is 10.1. The molecule has 0 spiro atoms. The molecular weight excluding hydrogens is 509 g/mol. The van der Waals surface area contributed by atoms with Gasteiger partial charge in [-0.3, -0.25) is 13.9 Å². The summed E-state index contributed by atoms with van der Waals surface area (Å²) in [6.07, 6.45) is 1.53. The highest BCUT2D eigenvalue weighted by atomic mass is 35.5. The van der Waals surface area contributed by atoms with Crippen molar-refractivity contribution in [2.24, 2.45) is 0 Å². The second kappa shape index (κ2) is 11.4. The second-order valence-electron chi connectivity index (χ2n) is 7.51. The molecule has 2 amide bonds. The maximum Gasteiger partial charge on any atom is 0.264 e. The van der Waals surface area contributed by atoms with Crippen LogP contribution in [0.1, 0.15) is 15.9 Å². The summed E-state index contributed by atoms with van der Waals surface area (Å²) >= 11 is 12.4. The Labute approximate surface area is 214 Å². The molecule has 0 saturated carbocycles. The highest BCUT2D eigenvalue weighted by Gasteiger charge is 2.29. The summed E-state index contributed by atoms with van der Waals surface area (Å²) in [5, 5.41) is 5.62. The number of benzene rings is 3. The van der Waals surface area contributed by atoms with E-state index in [2.05, 4.69) is 17.2 Å². The lowest BCUT2D eigenvalue weighted by Crippen LogP contribution is -2.38. The van der Waals surface area contributed by atoms with Crippen molar-refractivity contribution in [1.29, 1.82) is 0 Å². The van der Waals surface area contributed by atoms with Crippen molar-refractivity contribution in [3.63, 3.8) is 0 Å². The number of sulfonamides is 1. The van der Waals surface area contributed by atoms with E-state index in [0.29, 0.717) is 0 Å². The average Bonchev–Trinajstić information content (AvgIpc) is 2.83. The molecule has 10 heteroatoms. The predicted octanol–water partition coefficient (Wildman–Crippen LogP) is 5.05. The number of nitrogens with one attached hydrogen (secondary N) is 2. The maximum atomic E-state index is 13.6. The van der Waals surface area contributed by atoms with Crippen LogP contribution in [-0.4, -0.2) is 33.3 Å². The van der Waals surface area contributed by atoms with E-state index in [-0.39, 0.29) is 38.4 Å². The van der Waals surface area contributed by atoms with E-state index in [1.165, 1.54) is 36.4 Å². The number of halogens is 2. The minimum absolute atomic E-state index is 0.0175. The van der Waals surface area contributed by atoms with Crippen molar-refractivity contribution < 1.29 is 18.0 Å². The molecule has 0 radical (unpaired) electrons. The van der Waals surface area contributed by atoms with Gasteiger partial charge >= 0.3 is 0 Å². The van der Waals surface area contributed by atoms with Crippen molar-refractivity contribution in [2.75, 3.05) is 22.7 Å². The first kappa shape index (κ1) is 26.3. The Morgan fingerprint density at radius 3 is 2.40 bits per heavy atom. The molecule has 0 bridgehead atoms. The Hall–Kier alpha value is -3.33. The first-order valence-corrected chi connectivity index (χ1v) is 12.7. The summed E-state index contributed by atoms with van der Waals surface area (Å²) in [6.45, 7) is 5.02. The third-order valence-electron chi connectivity index (χ3n) is 4.93. The Bertz CT molecular complexity index is 1360. The van der Waals surface area contributed by atoms with E-state index in [9.17, 15) is 18.0 Å². The van der Waals surface area contributed by atoms with E-state index >= 15 is 0 Å². The van der Waals surface area contributed by atoms with E-state index < -0.39 is 28.4 Å². The molecule has 0 fully saturated rings. The molecule has 3 rings (SSSR count). The molecule has 0 atom stereocenters. The fourth-order valence-corrected chi connectivity index (χ4v) is 5.05. The number of anilines is 2. The van der Waals surface area contributed by atoms with Crippen LogP contribution in [-0.2, 0) is 14.8 Å². The molecule has 35 heavy (non-hydrogen) atoms. The third kappa shape index (κ3) is 6.42. The number of carbonyl (C=O) groups is 2. The third-order valence-corrected chi connectivity index (χ3v) is 7.25. The van der Waals surface area contributed by atoms with Gasteiger partial charge in [-0.25, -0.2) is 8.42 Å². The van der Waals surface area contributed by atoms with Gasteiger partial charge in [0.15, 0.2) is 0 Å². The summed E-state index contributed by atoms with van der Waals surface area (Å²) in [7, 11) is -4.20. The van der Waals surface area contributed by atoms with Crippen LogP contribution in [0.3, 0.4) is 0 Å². The number of hydrogen-bond acceptors (Lipinski definition) is 4. The van der Waals surface area contributed by atoms with Gasteiger partial charge in [0.25, 0.3) is 15.9 Å². The number of hydrogen-bond donors (Lipinski definition) is 2. The van der Waals surface area contributed by atoms with Crippen LogP contribution < -0.4 is 14.9 Å². The summed E-state index contributed by atoms with van der Waals surface area (Å²) < 4.78 is 28.0. The van der Waals surface area contributed by atoms with Gasteiger partial charge in [-0.2, -0.15) is 0 Å². The van der Waals surface area contributed by atoms with E-state index in [4.69, 9.17) is 23.2 Å². The molecule has 0 aliphatic rings. The molecular formula is C25H23Cl2N3O4S. The summed E-state index contributed by atoms with van der Waals surface area (Å²) in [5.74, 6) is -1.09. The molecule has 0 heterocycles. The highest BCUT2D eigenvalue weighted by Crippen LogP contribution is 2.33. The lowest BCUT2D eigenvalue weighted by molar-refractivity contribution is -0.114. The van der Waals surface area contributed by atoms with Crippen molar-refractivity contribution in [1.82, 2.24) is 5.32 Å². The van der Waals surface area contributed by atoms with Crippen molar-refractivity contribution in [2.45, 2.75) is 11.8 Å². The molecule has 0 aliphatic heterocycles. The van der Waals surface area contributed by atoms with E-state index in [0.717, 1.165) is 9.87 Å². The maximum absolute atomic E-state index is 13.6. The number of amides is 2. The molecule has 2 N–H and O–H groups in total. The van der Waals surface area contributed by atoms with Crippen LogP contribution in [0.15, 0.2) is 84.3 Å². The summed E-state index contributed by atoms with van der Waals surface area (Å²) in [6, 6.07) is 16.9. The molecule has 3 aromatic rings. The number of aryl methyl sites for hydroxylation is 1. The molecule has 0 aliphatic carbocycles. The van der Waals surface area contributed by atoms with Gasteiger partial charge in [0, 0.05) is 11.6 Å². The molecule has 3 aromatic carbocycles. The van der Waals surface area contributed by atoms with Crippen LogP contribution in [0, 0.1) is 6.92 Å². The van der Waals surface area contributed by atoms with Crippen molar-refractivity contribution in [3.8, 4) is 0 Å². The van der Waals surface area contributed by atoms with Crippen LogP contribution in [0.25, 0.3) is 0 Å². The molecule has 0 saturated heterocycles. The van der Waals surface area contributed by atoms with E-state index in [1.807, 2.05) is 6.92 Å². The summed E-state index contributed by atoms with van der Waals surface area (Å²) in [5.41, 5.74) is 1.37. The van der Waals surface area contributed by atoms with Gasteiger partial charge in [-0.05, 0) is 49.4 Å². The fourth-order valence-electron chi connectivity index (χ4n) is 3.18. The Kier molecular flexibility index (Phi) is 8.56. The topological polar surface area (TPSA) is 95.6 Å². The second-order valence-corrected chi connectivity index (χ2v) is 10.2. The predicted molar refractivity (Wildman–Crippen MR) is 140 cm³/mol. The number of para-hydroxylation sites is 1. The van der Waals surface area contributed by atoms with Gasteiger partial charge in [0.2, 0.25) is 5.91 Å². The molecule has 0 unspecified atom stereocenters. The van der Waals surface area contributed by atoms with Gasteiger partial charge in [-0.1, -0.05) is 59.1 Å². The van der Waals surface area contributed by atoms with Crippen LogP contribution >= 0.6 is 23.2 Å². The van der Waals surface area contributed by atoms with Crippen LogP contribution in [0.4, 0.5) is 11.4 Å². The Morgan fingerprint density at radius 1 is 1.03 bits per heavy atom. The quantitative estimate of drug-likeness (QED) is 0.377. The van der Waals surface area contributed by atoms with Crippen molar-refractivity contribution in [3.05, 3.63) is 101 Å². The standard InChI is InChI=1S/C25H23Cl2N3O4S/c1-3-14-28-25(32)20-6-4-5-7-22(20)29-24(31)16-30(23-15-18(26)10-13-21(23)27)35(33,34)19-11-8-17(2)9-12-19/h3-13,15H,1,14,16H2,2H3,(H,28,32)(H,29,31). The molecule has 7 nitrogen and oxygen atoms in total. The summed E-state index contributed by atoms with van der Waals surface area (Å²) in [4.78, 5) is 25.5. The zero-order chi connectivity index (χ0) is 25.6. The zero-order valence-corrected chi connectivity index (χ0v) is 21.1. The van der Waals surface area contributed by atoms with E-state index in [1.54, 1.807) is 36.4 Å². The minimum atomic E-state index is -4.20. The van der Waals surface area contributed by atoms with Crippen molar-refractivity contribution >= 4 is 56.4 Å². The number of rotatable bonds is 9. The average molecular weight is 532 g/mol. The number of nitrogens with zero attached hydrogens (tertiary/aromatic N) is 1. The first-order chi connectivity index (χ1) is 16.6. The van der Waals surface area contributed by atoms with Gasteiger partial charge < -0.3 is 10.6 Å². The fraction of sp³-hybridized carbons (Fsp3) is 0.120. The Balaban J connectivity index is 1.97. The van der Waals surface area contributed by atoms with Gasteiger partial charge in [0.1, 0.15) is 6.54 Å². The zero-order valence-electron chi connectivity index (χ0n) is 18.8. The van der Waals surface area contributed by atoms with Crippen LogP contribution in [0.2, 0.25) is 10.0 Å². The normalized spacial score (nSPS) is 10.9. The smallest absolute Gasteiger partial charge is 0.264 e. The van der Waals surface area contributed by atoms with Gasteiger partial charge in [-0.15, -0.1) is 6.58 Å². The van der Waals surface area contributed by atoms with Crippen LogP contribution in [0.5, 0.6) is 0 Å². The first-order valence-electron chi connectivity index (χ1n) is 10.5. The minimum Gasteiger partial charge on any atom is -0.349 e. The SMILES string of the molecule is C=CCNC(=O)c1ccccc1NC(=O)CN(c1cc(Cl)ccc1Cl)S(=O)(=O)c1ccc(C)cc1. The molecule has 0 aromatic heterocycles. The number of carbonyl (C=O) groups excluding carboxylic acids is 2. The lowest BCUT2D eigenvalue weighted by Gasteiger charge is -2.25. The monoisotopic (exact) mass is 531 g/mol. The van der Waals surface area contributed by atoms with Gasteiger partial charge in [0.05, 0.1) is 26.9 Å². The largest absolute Gasteiger partial charge is 0.349 e.